The molecule has 0 bridgehead atoms. The van der Waals surface area contributed by atoms with Gasteiger partial charge in [0.05, 0.1) is 0 Å². The molecule has 0 aromatic heterocycles. The quantitative estimate of drug-likeness (QED) is 0.809. The Bertz CT molecular complexity index is 497. The topological polar surface area (TPSA) is 32.3 Å². The third kappa shape index (κ3) is 2.50. The molecule has 1 fully saturated rings. The van der Waals surface area contributed by atoms with Crippen LogP contribution in [0.2, 0.25) is 0 Å². The summed E-state index contributed by atoms with van der Waals surface area (Å²) < 4.78 is 0. The molecule has 1 aromatic carbocycles. The van der Waals surface area contributed by atoms with Crippen molar-refractivity contribution in [2.75, 3.05) is 12.4 Å². The minimum absolute atomic E-state index is 0.0218. The number of hydrogen-bond acceptors (Lipinski definition) is 1. The minimum Gasteiger partial charge on any atom is -0.323 e. The predicted molar refractivity (Wildman–Crippen MR) is 80.6 cm³/mol. The monoisotopic (exact) mass is 322 g/mol. The minimum atomic E-state index is -0.0218. The smallest absolute Gasteiger partial charge is 0.321 e. The zero-order chi connectivity index (χ0) is 13.4. The van der Waals surface area contributed by atoms with Gasteiger partial charge in [0.1, 0.15) is 0 Å². The van der Waals surface area contributed by atoms with E-state index in [1.807, 2.05) is 13.1 Å². The maximum absolute atomic E-state index is 11.6. The van der Waals surface area contributed by atoms with Gasteiger partial charge in [0.25, 0.3) is 0 Å². The molecule has 1 aliphatic carbocycles. The van der Waals surface area contributed by atoms with Gasteiger partial charge in [-0.15, -0.1) is 0 Å². The molecule has 2 aliphatic rings. The van der Waals surface area contributed by atoms with Gasteiger partial charge in [0.15, 0.2) is 0 Å². The number of nitrogens with zero attached hydrogens (tertiary/aromatic N) is 1. The molecule has 1 unspecified atom stereocenters. The average molecular weight is 323 g/mol. The molecule has 102 valence electrons. The van der Waals surface area contributed by atoms with E-state index in [1.165, 1.54) is 36.8 Å². The van der Waals surface area contributed by atoms with E-state index < -0.39 is 0 Å². The number of alkyl halides is 1. The highest BCUT2D eigenvalue weighted by molar-refractivity contribution is 9.09. The van der Waals surface area contributed by atoms with E-state index in [2.05, 4.69) is 33.4 Å². The van der Waals surface area contributed by atoms with E-state index in [0.29, 0.717) is 11.4 Å². The third-order valence-electron chi connectivity index (χ3n) is 4.26. The second-order valence-electron chi connectivity index (χ2n) is 5.65. The number of nitrogens with one attached hydrogen (secondary N) is 1. The van der Waals surface area contributed by atoms with Crippen molar-refractivity contribution in [2.24, 2.45) is 5.92 Å². The normalized spacial score (nSPS) is 21.2. The first-order chi connectivity index (χ1) is 9.15. The predicted octanol–water partition coefficient (Wildman–Crippen LogP) is 4.29. The van der Waals surface area contributed by atoms with Crippen molar-refractivity contribution in [3.63, 3.8) is 0 Å². The van der Waals surface area contributed by atoms with Crippen LogP contribution in [0, 0.1) is 5.92 Å². The van der Waals surface area contributed by atoms with E-state index in [1.54, 1.807) is 4.90 Å². The highest BCUT2D eigenvalue weighted by Crippen LogP contribution is 2.42. The van der Waals surface area contributed by atoms with Crippen LogP contribution in [-0.2, 0) is 6.54 Å². The molecule has 0 saturated heterocycles. The Kier molecular flexibility index (Phi) is 3.52. The highest BCUT2D eigenvalue weighted by Gasteiger charge is 2.26. The summed E-state index contributed by atoms with van der Waals surface area (Å²) in [7, 11) is 1.83. The van der Waals surface area contributed by atoms with Crippen molar-refractivity contribution >= 4 is 27.6 Å². The van der Waals surface area contributed by atoms with E-state index in [4.69, 9.17) is 0 Å². The standard InChI is InChI=1S/C15H19BrN2O/c1-18-9-12-8-11(6-7-13(12)17-15(18)19)14(16)10-4-2-3-5-10/h6-8,10,14H,2-5,9H2,1H3,(H,17,19). The summed E-state index contributed by atoms with van der Waals surface area (Å²) in [4.78, 5) is 13.8. The van der Waals surface area contributed by atoms with E-state index >= 15 is 0 Å². The van der Waals surface area contributed by atoms with Crippen LogP contribution in [0.25, 0.3) is 0 Å². The van der Waals surface area contributed by atoms with E-state index in [0.717, 1.165) is 11.6 Å². The van der Waals surface area contributed by atoms with Crippen molar-refractivity contribution in [2.45, 2.75) is 37.1 Å². The zero-order valence-electron chi connectivity index (χ0n) is 11.2. The van der Waals surface area contributed by atoms with Crippen LogP contribution in [0.4, 0.5) is 10.5 Å². The number of hydrogen-bond donors (Lipinski definition) is 1. The fourth-order valence-corrected chi connectivity index (χ4v) is 3.91. The van der Waals surface area contributed by atoms with E-state index in [-0.39, 0.29) is 6.03 Å². The number of fused-ring (bicyclic) bond motifs is 1. The number of carbonyl (C=O) groups is 1. The Morgan fingerprint density at radius 1 is 1.37 bits per heavy atom. The lowest BCUT2D eigenvalue weighted by atomic mass is 9.95. The maximum atomic E-state index is 11.6. The number of rotatable bonds is 2. The lowest BCUT2D eigenvalue weighted by Crippen LogP contribution is -2.35. The molecular formula is C15H19BrN2O. The molecule has 0 spiro atoms. The van der Waals surface area contributed by atoms with Crippen molar-refractivity contribution < 1.29 is 4.79 Å². The highest BCUT2D eigenvalue weighted by atomic mass is 79.9. The van der Waals surface area contributed by atoms with Crippen LogP contribution >= 0.6 is 15.9 Å². The number of carbonyl (C=O) groups excluding carboxylic acids is 1. The summed E-state index contributed by atoms with van der Waals surface area (Å²) in [5.74, 6) is 0.758. The molecule has 3 rings (SSSR count). The summed E-state index contributed by atoms with van der Waals surface area (Å²) >= 11 is 3.87. The number of urea groups is 1. The van der Waals surface area contributed by atoms with Gasteiger partial charge >= 0.3 is 6.03 Å². The molecule has 19 heavy (non-hydrogen) atoms. The molecule has 2 amide bonds. The molecule has 1 aliphatic heterocycles. The Labute approximate surface area is 122 Å². The number of halogens is 1. The molecule has 1 saturated carbocycles. The first kappa shape index (κ1) is 13.0. The lowest BCUT2D eigenvalue weighted by Gasteiger charge is -2.27. The fraction of sp³-hybridized carbons (Fsp3) is 0.533. The SMILES string of the molecule is CN1Cc2cc(C(Br)C3CCCC3)ccc2NC1=O. The van der Waals surface area contributed by atoms with Crippen molar-refractivity contribution in [3.05, 3.63) is 29.3 Å². The van der Waals surface area contributed by atoms with Gasteiger partial charge in [-0.25, -0.2) is 4.79 Å². The summed E-state index contributed by atoms with van der Waals surface area (Å²) in [5.41, 5.74) is 3.51. The van der Waals surface area contributed by atoms with Crippen LogP contribution in [0.15, 0.2) is 18.2 Å². The third-order valence-corrected chi connectivity index (χ3v) is 5.53. The van der Waals surface area contributed by atoms with Gasteiger partial charge in [-0.3, -0.25) is 0 Å². The molecule has 0 radical (unpaired) electrons. The molecule has 1 heterocycles. The first-order valence-electron chi connectivity index (χ1n) is 6.94. The number of amides is 2. The number of anilines is 1. The Morgan fingerprint density at radius 2 is 2.11 bits per heavy atom. The van der Waals surface area contributed by atoms with Gasteiger partial charge in [0.2, 0.25) is 0 Å². The molecule has 4 heteroatoms. The second-order valence-corrected chi connectivity index (χ2v) is 6.64. The van der Waals surface area contributed by atoms with Gasteiger partial charge in [-0.05, 0) is 36.0 Å². The molecular weight excluding hydrogens is 304 g/mol. The van der Waals surface area contributed by atoms with Crippen LogP contribution in [-0.4, -0.2) is 18.0 Å². The molecule has 1 aromatic rings. The van der Waals surface area contributed by atoms with Gasteiger partial charge in [0, 0.05) is 24.1 Å². The Hall–Kier alpha value is -1.03. The van der Waals surface area contributed by atoms with Crippen LogP contribution in [0.5, 0.6) is 0 Å². The summed E-state index contributed by atoms with van der Waals surface area (Å²) in [5, 5.41) is 2.92. The Morgan fingerprint density at radius 3 is 2.84 bits per heavy atom. The second kappa shape index (κ2) is 5.16. The van der Waals surface area contributed by atoms with Crippen LogP contribution < -0.4 is 5.32 Å². The van der Waals surface area contributed by atoms with Gasteiger partial charge in [-0.1, -0.05) is 40.9 Å². The van der Waals surface area contributed by atoms with Crippen molar-refractivity contribution in [1.29, 1.82) is 0 Å². The van der Waals surface area contributed by atoms with Gasteiger partial charge < -0.3 is 10.2 Å². The van der Waals surface area contributed by atoms with Crippen molar-refractivity contribution in [1.82, 2.24) is 4.90 Å². The maximum Gasteiger partial charge on any atom is 0.321 e. The molecule has 1 N–H and O–H groups in total. The average Bonchev–Trinajstić information content (AvgIpc) is 2.93. The lowest BCUT2D eigenvalue weighted by molar-refractivity contribution is 0.218. The fourth-order valence-electron chi connectivity index (χ4n) is 3.10. The molecule has 1 atom stereocenters. The summed E-state index contributed by atoms with van der Waals surface area (Å²) in [6, 6.07) is 6.40. The number of benzene rings is 1. The van der Waals surface area contributed by atoms with Crippen molar-refractivity contribution in [3.8, 4) is 0 Å². The summed E-state index contributed by atoms with van der Waals surface area (Å²) in [6.07, 6.45) is 5.36. The van der Waals surface area contributed by atoms with E-state index in [9.17, 15) is 4.79 Å². The Balaban J connectivity index is 1.84. The zero-order valence-corrected chi connectivity index (χ0v) is 12.7. The largest absolute Gasteiger partial charge is 0.323 e. The van der Waals surface area contributed by atoms with Crippen LogP contribution in [0.1, 0.15) is 41.6 Å². The first-order valence-corrected chi connectivity index (χ1v) is 7.86. The molecule has 3 nitrogen and oxygen atoms in total. The summed E-state index contributed by atoms with van der Waals surface area (Å²) in [6.45, 7) is 0.694. The van der Waals surface area contributed by atoms with Crippen LogP contribution in [0.3, 0.4) is 0 Å². The van der Waals surface area contributed by atoms with Gasteiger partial charge in [-0.2, -0.15) is 0 Å².